The third-order valence-corrected chi connectivity index (χ3v) is 3.33. The van der Waals surface area contributed by atoms with Crippen LogP contribution in [0.5, 0.6) is 0 Å². The largest absolute Gasteiger partial charge is 0.384 e. The van der Waals surface area contributed by atoms with Gasteiger partial charge in [-0.05, 0) is 5.56 Å². The van der Waals surface area contributed by atoms with Gasteiger partial charge in [-0.1, -0.05) is 56.3 Å². The van der Waals surface area contributed by atoms with Crippen LogP contribution in [-0.2, 0) is 5.60 Å². The van der Waals surface area contributed by atoms with Gasteiger partial charge in [-0.15, -0.1) is 13.2 Å². The molecule has 0 spiro atoms. The van der Waals surface area contributed by atoms with Crippen LogP contribution >= 0.6 is 0 Å². The van der Waals surface area contributed by atoms with Crippen LogP contribution in [0.2, 0.25) is 0 Å². The molecular weight excluding hydrogens is 196 g/mol. The van der Waals surface area contributed by atoms with Crippen molar-refractivity contribution in [2.45, 2.75) is 19.4 Å². The molecule has 0 saturated heterocycles. The molecule has 0 aliphatic carbocycles. The summed E-state index contributed by atoms with van der Waals surface area (Å²) in [7, 11) is 0. The van der Waals surface area contributed by atoms with E-state index in [9.17, 15) is 5.11 Å². The van der Waals surface area contributed by atoms with Crippen molar-refractivity contribution in [3.05, 3.63) is 61.2 Å². The van der Waals surface area contributed by atoms with Gasteiger partial charge in [0.1, 0.15) is 5.60 Å². The average molecular weight is 216 g/mol. The van der Waals surface area contributed by atoms with Gasteiger partial charge in [-0.3, -0.25) is 0 Å². The topological polar surface area (TPSA) is 20.2 Å². The fourth-order valence-electron chi connectivity index (χ4n) is 2.00. The highest BCUT2D eigenvalue weighted by Crippen LogP contribution is 2.37. The maximum atomic E-state index is 10.9. The first-order valence-corrected chi connectivity index (χ1v) is 5.60. The predicted octanol–water partition coefficient (Wildman–Crippen LogP) is 3.52. The van der Waals surface area contributed by atoms with E-state index in [1.165, 1.54) is 0 Å². The third kappa shape index (κ3) is 2.10. The predicted molar refractivity (Wildman–Crippen MR) is 69.1 cm³/mol. The summed E-state index contributed by atoms with van der Waals surface area (Å²) in [6.07, 6.45) is 3.57. The lowest BCUT2D eigenvalue weighted by Gasteiger charge is -2.37. The minimum atomic E-state index is -0.926. The van der Waals surface area contributed by atoms with Gasteiger partial charge >= 0.3 is 0 Å². The van der Waals surface area contributed by atoms with Crippen molar-refractivity contribution in [3.8, 4) is 0 Å². The van der Waals surface area contributed by atoms with E-state index in [4.69, 9.17) is 0 Å². The standard InChI is InChI=1S/C15H20O/c1-5-12(3)15(16,13(4)6-2)14-10-8-7-9-11-14/h5-13,16H,1-2H2,3-4H3. The second-order valence-corrected chi connectivity index (χ2v) is 4.24. The van der Waals surface area contributed by atoms with Crippen molar-refractivity contribution < 1.29 is 5.11 Å². The molecule has 1 heteroatoms. The Morgan fingerprint density at radius 2 is 1.50 bits per heavy atom. The Morgan fingerprint density at radius 3 is 1.88 bits per heavy atom. The highest BCUT2D eigenvalue weighted by Gasteiger charge is 2.38. The van der Waals surface area contributed by atoms with E-state index in [0.29, 0.717) is 0 Å². The fourth-order valence-corrected chi connectivity index (χ4v) is 2.00. The van der Waals surface area contributed by atoms with Gasteiger partial charge in [0.25, 0.3) is 0 Å². The van der Waals surface area contributed by atoms with E-state index in [-0.39, 0.29) is 11.8 Å². The minimum absolute atomic E-state index is 0.0251. The molecule has 0 fully saturated rings. The van der Waals surface area contributed by atoms with E-state index in [0.717, 1.165) is 5.56 Å². The third-order valence-electron chi connectivity index (χ3n) is 3.33. The van der Waals surface area contributed by atoms with Crippen molar-refractivity contribution in [3.63, 3.8) is 0 Å². The second-order valence-electron chi connectivity index (χ2n) is 4.24. The van der Waals surface area contributed by atoms with Crippen LogP contribution in [-0.4, -0.2) is 5.11 Å². The highest BCUT2D eigenvalue weighted by atomic mass is 16.3. The molecule has 0 radical (unpaired) electrons. The Kier molecular flexibility index (Phi) is 4.08. The molecule has 0 saturated carbocycles. The summed E-state index contributed by atoms with van der Waals surface area (Å²) in [5, 5.41) is 10.9. The Hall–Kier alpha value is -1.34. The molecule has 0 amide bonds. The van der Waals surface area contributed by atoms with Crippen LogP contribution in [0.3, 0.4) is 0 Å². The van der Waals surface area contributed by atoms with Crippen LogP contribution in [0.15, 0.2) is 55.6 Å². The zero-order valence-corrected chi connectivity index (χ0v) is 10.1. The number of hydrogen-bond donors (Lipinski definition) is 1. The summed E-state index contributed by atoms with van der Waals surface area (Å²) in [6.45, 7) is 11.5. The normalized spacial score (nSPS) is 18.2. The number of hydrogen-bond acceptors (Lipinski definition) is 1. The molecule has 0 aromatic heterocycles. The first kappa shape index (κ1) is 12.7. The van der Waals surface area contributed by atoms with Gasteiger partial charge in [0, 0.05) is 11.8 Å². The van der Waals surface area contributed by atoms with Gasteiger partial charge in [0.2, 0.25) is 0 Å². The van der Waals surface area contributed by atoms with E-state index in [2.05, 4.69) is 13.2 Å². The molecule has 0 bridgehead atoms. The van der Waals surface area contributed by atoms with Gasteiger partial charge in [-0.25, -0.2) is 0 Å². The van der Waals surface area contributed by atoms with E-state index >= 15 is 0 Å². The lowest BCUT2D eigenvalue weighted by molar-refractivity contribution is -0.0330. The summed E-state index contributed by atoms with van der Waals surface area (Å²) in [5.41, 5.74) is -0.0140. The van der Waals surface area contributed by atoms with Gasteiger partial charge in [0.05, 0.1) is 0 Å². The van der Waals surface area contributed by atoms with E-state index < -0.39 is 5.60 Å². The fraction of sp³-hybridized carbons (Fsp3) is 0.333. The van der Waals surface area contributed by atoms with Crippen LogP contribution in [0.4, 0.5) is 0 Å². The Bertz CT molecular complexity index is 339. The summed E-state index contributed by atoms with van der Waals surface area (Å²) in [4.78, 5) is 0. The zero-order valence-electron chi connectivity index (χ0n) is 10.1. The summed E-state index contributed by atoms with van der Waals surface area (Å²) < 4.78 is 0. The lowest BCUT2D eigenvalue weighted by Crippen LogP contribution is -2.38. The molecule has 1 aromatic rings. The van der Waals surface area contributed by atoms with Crippen molar-refractivity contribution in [1.82, 2.24) is 0 Å². The smallest absolute Gasteiger partial charge is 0.101 e. The lowest BCUT2D eigenvalue weighted by atomic mass is 9.74. The SMILES string of the molecule is C=CC(C)C(O)(c1ccccc1)C(C)C=C. The van der Waals surface area contributed by atoms with Crippen LogP contribution in [0.1, 0.15) is 19.4 Å². The van der Waals surface area contributed by atoms with Crippen LogP contribution in [0, 0.1) is 11.8 Å². The summed E-state index contributed by atoms with van der Waals surface area (Å²) in [5.74, 6) is -0.0502. The Balaban J connectivity index is 3.24. The second kappa shape index (κ2) is 5.13. The van der Waals surface area contributed by atoms with Gasteiger partial charge in [0.15, 0.2) is 0 Å². The van der Waals surface area contributed by atoms with E-state index in [1.807, 2.05) is 44.2 Å². The van der Waals surface area contributed by atoms with E-state index in [1.54, 1.807) is 12.2 Å². The first-order chi connectivity index (χ1) is 7.57. The molecule has 86 valence electrons. The number of rotatable bonds is 5. The molecule has 0 heterocycles. The summed E-state index contributed by atoms with van der Waals surface area (Å²) >= 11 is 0. The van der Waals surface area contributed by atoms with Crippen molar-refractivity contribution in [1.29, 1.82) is 0 Å². The minimum Gasteiger partial charge on any atom is -0.384 e. The number of benzene rings is 1. The Morgan fingerprint density at radius 1 is 1.06 bits per heavy atom. The maximum absolute atomic E-state index is 10.9. The van der Waals surface area contributed by atoms with Crippen molar-refractivity contribution in [2.24, 2.45) is 11.8 Å². The molecule has 1 aromatic carbocycles. The molecule has 1 N–H and O–H groups in total. The summed E-state index contributed by atoms with van der Waals surface area (Å²) in [6, 6.07) is 9.71. The number of aliphatic hydroxyl groups is 1. The quantitative estimate of drug-likeness (QED) is 0.747. The van der Waals surface area contributed by atoms with Crippen molar-refractivity contribution in [2.75, 3.05) is 0 Å². The first-order valence-electron chi connectivity index (χ1n) is 5.60. The van der Waals surface area contributed by atoms with Gasteiger partial charge in [-0.2, -0.15) is 0 Å². The highest BCUT2D eigenvalue weighted by molar-refractivity contribution is 5.26. The maximum Gasteiger partial charge on any atom is 0.101 e. The molecule has 0 aliphatic heterocycles. The van der Waals surface area contributed by atoms with Crippen LogP contribution < -0.4 is 0 Å². The molecule has 16 heavy (non-hydrogen) atoms. The van der Waals surface area contributed by atoms with Gasteiger partial charge < -0.3 is 5.11 Å². The molecular formula is C15H20O. The molecule has 1 nitrogen and oxygen atoms in total. The van der Waals surface area contributed by atoms with Crippen LogP contribution in [0.25, 0.3) is 0 Å². The average Bonchev–Trinajstić information content (AvgIpc) is 2.36. The molecule has 2 unspecified atom stereocenters. The monoisotopic (exact) mass is 216 g/mol. The molecule has 0 aliphatic rings. The van der Waals surface area contributed by atoms with Crippen molar-refractivity contribution >= 4 is 0 Å². The zero-order chi connectivity index (χ0) is 12.2. The molecule has 1 rings (SSSR count). The molecule has 2 atom stereocenters. The Labute approximate surface area is 98.1 Å².